The topological polar surface area (TPSA) is 60.4 Å². The Morgan fingerprint density at radius 1 is 1.07 bits per heavy atom. The smallest absolute Gasteiger partial charge is 0.189 e. The third-order valence-corrected chi connectivity index (χ3v) is 8.31. The normalized spacial score (nSPS) is 26.9. The number of hydrogen-bond acceptors (Lipinski definition) is 4. The van der Waals surface area contributed by atoms with E-state index in [1.165, 1.54) is 24.3 Å². The number of benzene rings is 2. The monoisotopic (exact) mass is 430 g/mol. The molecule has 148 valence electrons. The lowest BCUT2D eigenvalue weighted by Gasteiger charge is -2.47. The summed E-state index contributed by atoms with van der Waals surface area (Å²) >= 11 is 5.82. The summed E-state index contributed by atoms with van der Waals surface area (Å²) in [5.41, 5.74) is -0.561. The van der Waals surface area contributed by atoms with Crippen LogP contribution in [0.3, 0.4) is 0 Å². The maximum atomic E-state index is 14.9. The highest BCUT2D eigenvalue weighted by molar-refractivity contribution is 7.92. The van der Waals surface area contributed by atoms with Crippen molar-refractivity contribution in [2.24, 2.45) is 5.92 Å². The van der Waals surface area contributed by atoms with E-state index in [1.807, 2.05) is 0 Å². The Morgan fingerprint density at radius 2 is 1.71 bits per heavy atom. The number of carbonyl (C=O) groups is 1. The lowest BCUT2D eigenvalue weighted by atomic mass is 9.71. The number of rotatable bonds is 2. The van der Waals surface area contributed by atoms with Gasteiger partial charge in [0.25, 0.3) is 0 Å². The van der Waals surface area contributed by atoms with Crippen LogP contribution in [0.1, 0.15) is 18.4 Å². The summed E-state index contributed by atoms with van der Waals surface area (Å²) in [6.45, 7) is -0.562. The molecule has 0 spiro atoms. The number of carbonyl (C=O) groups excluding carboxylic acids is 1. The maximum Gasteiger partial charge on any atom is 0.189 e. The van der Waals surface area contributed by atoms with E-state index in [9.17, 15) is 26.4 Å². The molecule has 2 aliphatic rings. The van der Waals surface area contributed by atoms with Gasteiger partial charge in [-0.1, -0.05) is 11.6 Å². The SMILES string of the molecule is O=C1CC[C@@]2(S(=O)(=O)c3ccc(Cl)cc3)c3c(F)ccc(F)c3OC[C@H]2[C@@H]1F. The summed E-state index contributed by atoms with van der Waals surface area (Å²) in [5, 5.41) is 0.278. The van der Waals surface area contributed by atoms with E-state index in [-0.39, 0.29) is 16.3 Å². The highest BCUT2D eigenvalue weighted by Gasteiger charge is 2.63. The molecule has 1 saturated carbocycles. The molecule has 1 aliphatic carbocycles. The molecule has 1 heterocycles. The molecule has 0 aromatic heterocycles. The van der Waals surface area contributed by atoms with Crippen LogP contribution in [-0.2, 0) is 19.4 Å². The number of halogens is 4. The van der Waals surface area contributed by atoms with Crippen LogP contribution in [-0.4, -0.2) is 27.0 Å². The zero-order valence-corrected chi connectivity index (χ0v) is 15.9. The van der Waals surface area contributed by atoms with E-state index in [4.69, 9.17) is 16.3 Å². The summed E-state index contributed by atoms with van der Waals surface area (Å²) in [5.74, 6) is -4.82. The lowest BCUT2D eigenvalue weighted by molar-refractivity contribution is -0.130. The second-order valence-corrected chi connectivity index (χ2v) is 9.51. The van der Waals surface area contributed by atoms with Gasteiger partial charge in [0.15, 0.2) is 33.4 Å². The molecule has 4 rings (SSSR count). The third kappa shape index (κ3) is 2.50. The number of fused-ring (bicyclic) bond motifs is 3. The summed E-state index contributed by atoms with van der Waals surface area (Å²) in [7, 11) is -4.45. The predicted molar refractivity (Wildman–Crippen MR) is 94.8 cm³/mol. The van der Waals surface area contributed by atoms with Gasteiger partial charge in [0.2, 0.25) is 0 Å². The first-order valence-corrected chi connectivity index (χ1v) is 10.3. The van der Waals surface area contributed by atoms with Crippen LogP contribution in [0.4, 0.5) is 13.2 Å². The Balaban J connectivity index is 2.06. The molecule has 0 N–H and O–H groups in total. The van der Waals surface area contributed by atoms with Gasteiger partial charge in [-0.25, -0.2) is 21.6 Å². The van der Waals surface area contributed by atoms with Gasteiger partial charge >= 0.3 is 0 Å². The molecular formula is C19H14ClF3O4S. The van der Waals surface area contributed by atoms with Crippen LogP contribution in [0.5, 0.6) is 5.75 Å². The van der Waals surface area contributed by atoms with Crippen LogP contribution in [0.25, 0.3) is 0 Å². The lowest BCUT2D eigenvalue weighted by Crippen LogP contribution is -2.57. The van der Waals surface area contributed by atoms with Gasteiger partial charge in [0.1, 0.15) is 10.6 Å². The molecular weight excluding hydrogens is 417 g/mol. The van der Waals surface area contributed by atoms with Crippen molar-refractivity contribution in [2.75, 3.05) is 6.61 Å². The van der Waals surface area contributed by atoms with Gasteiger partial charge in [-0.15, -0.1) is 0 Å². The van der Waals surface area contributed by atoms with Crippen molar-refractivity contribution in [1.82, 2.24) is 0 Å². The highest BCUT2D eigenvalue weighted by Crippen LogP contribution is 2.56. The molecule has 28 heavy (non-hydrogen) atoms. The molecule has 0 amide bonds. The van der Waals surface area contributed by atoms with E-state index in [0.717, 1.165) is 12.1 Å². The van der Waals surface area contributed by atoms with Gasteiger partial charge in [-0.2, -0.15) is 0 Å². The third-order valence-electron chi connectivity index (χ3n) is 5.50. The van der Waals surface area contributed by atoms with Crippen molar-refractivity contribution < 1.29 is 31.1 Å². The van der Waals surface area contributed by atoms with Crippen molar-refractivity contribution in [3.8, 4) is 5.75 Å². The number of alkyl halides is 1. The number of sulfone groups is 1. The van der Waals surface area contributed by atoms with Gasteiger partial charge in [-0.05, 0) is 42.8 Å². The van der Waals surface area contributed by atoms with Gasteiger partial charge in [0.05, 0.1) is 23.0 Å². The summed E-state index contributed by atoms with van der Waals surface area (Å²) in [6.07, 6.45) is -2.97. The minimum atomic E-state index is -4.45. The number of ketones is 1. The Bertz CT molecular complexity index is 1070. The average Bonchev–Trinajstić information content (AvgIpc) is 2.67. The van der Waals surface area contributed by atoms with E-state index in [0.29, 0.717) is 0 Å². The molecule has 1 aliphatic heterocycles. The zero-order valence-electron chi connectivity index (χ0n) is 14.3. The summed E-state index contributed by atoms with van der Waals surface area (Å²) in [4.78, 5) is 11.7. The highest BCUT2D eigenvalue weighted by atomic mass is 35.5. The Kier molecular flexibility index (Phi) is 4.46. The molecule has 0 saturated heterocycles. The predicted octanol–water partition coefficient (Wildman–Crippen LogP) is 4.00. The van der Waals surface area contributed by atoms with Crippen molar-refractivity contribution in [1.29, 1.82) is 0 Å². The summed E-state index contributed by atoms with van der Waals surface area (Å²) in [6, 6.07) is 6.71. The van der Waals surface area contributed by atoms with E-state index < -0.39 is 68.4 Å². The molecule has 0 unspecified atom stereocenters. The van der Waals surface area contributed by atoms with Gasteiger partial charge in [0, 0.05) is 11.4 Å². The molecule has 0 radical (unpaired) electrons. The van der Waals surface area contributed by atoms with Crippen molar-refractivity contribution >= 4 is 27.2 Å². The summed E-state index contributed by atoms with van der Waals surface area (Å²) < 4.78 is 74.4. The molecule has 2 aromatic rings. The fraction of sp³-hybridized carbons (Fsp3) is 0.316. The number of Topliss-reactive ketones (excluding diaryl/α,β-unsaturated/α-hetero) is 1. The molecule has 1 fully saturated rings. The minimum absolute atomic E-state index is 0.222. The van der Waals surface area contributed by atoms with E-state index in [2.05, 4.69) is 0 Å². The molecule has 3 atom stereocenters. The van der Waals surface area contributed by atoms with Crippen molar-refractivity contribution in [3.63, 3.8) is 0 Å². The van der Waals surface area contributed by atoms with Gasteiger partial charge in [-0.3, -0.25) is 4.79 Å². The molecule has 2 aromatic carbocycles. The number of ether oxygens (including phenoxy) is 1. The zero-order chi connectivity index (χ0) is 20.3. The molecule has 4 nitrogen and oxygen atoms in total. The first-order valence-electron chi connectivity index (χ1n) is 8.48. The largest absolute Gasteiger partial charge is 0.490 e. The van der Waals surface area contributed by atoms with Crippen molar-refractivity contribution in [2.45, 2.75) is 28.7 Å². The average molecular weight is 431 g/mol. The molecule has 0 bridgehead atoms. The second kappa shape index (κ2) is 6.49. The Labute approximate surface area is 164 Å². The van der Waals surface area contributed by atoms with Crippen LogP contribution in [0, 0.1) is 17.6 Å². The van der Waals surface area contributed by atoms with Gasteiger partial charge < -0.3 is 4.74 Å². The standard InChI is InChI=1S/C19H14ClF3O4S/c20-10-1-3-11(4-2-10)28(25,26)19-8-7-15(24)17(23)12(19)9-27-18-14(22)6-5-13(21)16(18)19/h1-6,12,17H,7-9H2/t12-,17-,19-/m0/s1. The fourth-order valence-electron chi connectivity index (χ4n) is 4.16. The maximum absolute atomic E-state index is 14.9. The van der Waals surface area contributed by atoms with Crippen LogP contribution in [0.15, 0.2) is 41.3 Å². The van der Waals surface area contributed by atoms with E-state index >= 15 is 0 Å². The number of hydrogen-bond donors (Lipinski definition) is 0. The Hall–Kier alpha value is -2.06. The first kappa shape index (κ1) is 19.3. The molecule has 9 heteroatoms. The second-order valence-electron chi connectivity index (χ2n) is 6.87. The minimum Gasteiger partial charge on any atom is -0.490 e. The quantitative estimate of drug-likeness (QED) is 0.722. The van der Waals surface area contributed by atoms with Crippen LogP contribution < -0.4 is 4.74 Å². The Morgan fingerprint density at radius 3 is 2.39 bits per heavy atom. The van der Waals surface area contributed by atoms with Crippen LogP contribution >= 0.6 is 11.6 Å². The van der Waals surface area contributed by atoms with Crippen LogP contribution in [0.2, 0.25) is 5.02 Å². The van der Waals surface area contributed by atoms with E-state index in [1.54, 1.807) is 0 Å². The fourth-order valence-corrected chi connectivity index (χ4v) is 6.61. The van der Waals surface area contributed by atoms with Crippen molar-refractivity contribution in [3.05, 3.63) is 58.6 Å². The first-order chi connectivity index (χ1) is 13.2.